The summed E-state index contributed by atoms with van der Waals surface area (Å²) in [6, 6.07) is 21.5. The molecule has 0 heterocycles. The lowest BCUT2D eigenvalue weighted by atomic mass is 10.1. The Morgan fingerprint density at radius 2 is 1.63 bits per heavy atom. The molecule has 3 rings (SSSR count). The van der Waals surface area contributed by atoms with Gasteiger partial charge in [0.25, 0.3) is 5.91 Å². The third-order valence-corrected chi connectivity index (χ3v) is 6.24. The highest BCUT2D eigenvalue weighted by Crippen LogP contribution is 2.24. The van der Waals surface area contributed by atoms with Crippen molar-refractivity contribution in [3.63, 3.8) is 0 Å². The van der Waals surface area contributed by atoms with Crippen molar-refractivity contribution in [2.75, 3.05) is 17.2 Å². The highest BCUT2D eigenvalue weighted by atomic mass is 32.2. The van der Waals surface area contributed by atoms with Crippen LogP contribution in [0.3, 0.4) is 0 Å². The predicted octanol–water partition coefficient (Wildman–Crippen LogP) is 4.77. The van der Waals surface area contributed by atoms with E-state index in [9.17, 15) is 13.2 Å². The lowest BCUT2D eigenvalue weighted by Gasteiger charge is -2.23. The fourth-order valence-corrected chi connectivity index (χ4v) is 4.38. The fourth-order valence-electron chi connectivity index (χ4n) is 3.49. The van der Waals surface area contributed by atoms with Gasteiger partial charge in [0.2, 0.25) is 10.0 Å². The molecule has 0 spiro atoms. The van der Waals surface area contributed by atoms with Crippen LogP contribution >= 0.6 is 0 Å². The van der Waals surface area contributed by atoms with Crippen LogP contribution in [0.2, 0.25) is 0 Å². The number of nitrogens with zero attached hydrogens (tertiary/aromatic N) is 1. The number of nitrogens with one attached hydrogen (secondary N) is 1. The summed E-state index contributed by atoms with van der Waals surface area (Å²) < 4.78 is 37.4. The molecular weight excluding hydrogens is 464 g/mol. The maximum Gasteiger partial charge on any atom is 0.251 e. The third-order valence-electron chi connectivity index (χ3n) is 5.10. The molecule has 7 nitrogen and oxygen atoms in total. The van der Waals surface area contributed by atoms with E-state index >= 15 is 0 Å². The molecule has 1 amide bonds. The topological polar surface area (TPSA) is 84.9 Å². The van der Waals surface area contributed by atoms with Gasteiger partial charge >= 0.3 is 0 Å². The van der Waals surface area contributed by atoms with Gasteiger partial charge in [-0.25, -0.2) is 8.42 Å². The number of hydrogen-bond acceptors (Lipinski definition) is 5. The van der Waals surface area contributed by atoms with Gasteiger partial charge in [-0.05, 0) is 80.4 Å². The molecule has 0 aromatic heterocycles. The van der Waals surface area contributed by atoms with E-state index < -0.39 is 10.0 Å². The minimum absolute atomic E-state index is 0.0754. The van der Waals surface area contributed by atoms with E-state index in [0.717, 1.165) is 16.9 Å². The Morgan fingerprint density at radius 3 is 2.23 bits per heavy atom. The monoisotopic (exact) mass is 496 g/mol. The van der Waals surface area contributed by atoms with Gasteiger partial charge in [-0.1, -0.05) is 24.3 Å². The van der Waals surface area contributed by atoms with Gasteiger partial charge in [-0.3, -0.25) is 9.10 Å². The van der Waals surface area contributed by atoms with Crippen molar-refractivity contribution in [2.24, 2.45) is 0 Å². The molecule has 0 saturated carbocycles. The molecule has 3 aromatic rings. The minimum atomic E-state index is -3.52. The standard InChI is InChI=1S/C27H32N2O5S/c1-5-33-25-15-13-24(14-16-25)29(35(4,31)32)19-21-9-11-23(12-10-21)27(30)28-18-22-7-6-8-26(17-22)34-20(2)3/h6-17,20H,5,18-19H2,1-4H3,(H,28,30). The van der Waals surface area contributed by atoms with Gasteiger partial charge in [0, 0.05) is 12.1 Å². The number of ether oxygens (including phenoxy) is 2. The number of rotatable bonds is 11. The number of benzene rings is 3. The first kappa shape index (κ1) is 26.1. The summed E-state index contributed by atoms with van der Waals surface area (Å²) in [6.45, 7) is 6.87. The van der Waals surface area contributed by atoms with Gasteiger partial charge < -0.3 is 14.8 Å². The highest BCUT2D eigenvalue weighted by molar-refractivity contribution is 7.92. The van der Waals surface area contributed by atoms with Crippen molar-refractivity contribution in [3.8, 4) is 11.5 Å². The SMILES string of the molecule is CCOc1ccc(N(Cc2ccc(C(=O)NCc3cccc(OC(C)C)c3)cc2)S(C)(=O)=O)cc1. The van der Waals surface area contributed by atoms with Crippen LogP contribution in [0.15, 0.2) is 72.8 Å². The molecule has 3 aromatic carbocycles. The molecule has 0 atom stereocenters. The van der Waals surface area contributed by atoms with Crippen LogP contribution in [-0.4, -0.2) is 33.3 Å². The molecule has 0 aliphatic carbocycles. The predicted molar refractivity (Wildman–Crippen MR) is 138 cm³/mol. The lowest BCUT2D eigenvalue weighted by molar-refractivity contribution is 0.0950. The molecule has 0 unspecified atom stereocenters. The van der Waals surface area contributed by atoms with Crippen molar-refractivity contribution >= 4 is 21.6 Å². The first-order valence-corrected chi connectivity index (χ1v) is 13.3. The van der Waals surface area contributed by atoms with E-state index in [0.29, 0.717) is 30.2 Å². The zero-order chi connectivity index (χ0) is 25.4. The van der Waals surface area contributed by atoms with Crippen LogP contribution < -0.4 is 19.1 Å². The van der Waals surface area contributed by atoms with Gasteiger partial charge in [0.15, 0.2) is 0 Å². The lowest BCUT2D eigenvalue weighted by Crippen LogP contribution is -2.29. The average molecular weight is 497 g/mol. The molecule has 0 saturated heterocycles. The molecule has 186 valence electrons. The fraction of sp³-hybridized carbons (Fsp3) is 0.296. The molecule has 0 aliphatic heterocycles. The molecule has 0 fully saturated rings. The molecule has 0 aliphatic rings. The van der Waals surface area contributed by atoms with E-state index in [4.69, 9.17) is 9.47 Å². The average Bonchev–Trinajstić information content (AvgIpc) is 2.81. The van der Waals surface area contributed by atoms with Crippen LogP contribution in [0.25, 0.3) is 0 Å². The maximum absolute atomic E-state index is 12.6. The Labute approximate surface area is 207 Å². The van der Waals surface area contributed by atoms with Crippen molar-refractivity contribution in [1.82, 2.24) is 5.32 Å². The first-order chi connectivity index (χ1) is 16.7. The van der Waals surface area contributed by atoms with Crippen molar-refractivity contribution in [1.29, 1.82) is 0 Å². The Morgan fingerprint density at radius 1 is 0.943 bits per heavy atom. The number of carbonyl (C=O) groups excluding carboxylic acids is 1. The summed E-state index contributed by atoms with van der Waals surface area (Å²) in [4.78, 5) is 12.6. The van der Waals surface area contributed by atoms with Gasteiger partial charge in [0.1, 0.15) is 11.5 Å². The second kappa shape index (κ2) is 11.8. The zero-order valence-corrected chi connectivity index (χ0v) is 21.3. The Hall–Kier alpha value is -3.52. The van der Waals surface area contributed by atoms with E-state index in [1.54, 1.807) is 48.5 Å². The third kappa shape index (κ3) is 7.75. The number of amides is 1. The maximum atomic E-state index is 12.6. The van der Waals surface area contributed by atoms with E-state index in [-0.39, 0.29) is 18.6 Å². The van der Waals surface area contributed by atoms with E-state index in [1.807, 2.05) is 45.0 Å². The quantitative estimate of drug-likeness (QED) is 0.413. The van der Waals surface area contributed by atoms with Crippen LogP contribution in [-0.2, 0) is 23.1 Å². The highest BCUT2D eigenvalue weighted by Gasteiger charge is 2.18. The normalized spacial score (nSPS) is 11.2. The van der Waals surface area contributed by atoms with Crippen LogP contribution in [0.5, 0.6) is 11.5 Å². The van der Waals surface area contributed by atoms with Crippen molar-refractivity contribution in [3.05, 3.63) is 89.5 Å². The van der Waals surface area contributed by atoms with E-state index in [1.165, 1.54) is 10.6 Å². The molecule has 35 heavy (non-hydrogen) atoms. The Bertz CT molecular complexity index is 1220. The summed E-state index contributed by atoms with van der Waals surface area (Å²) in [6.07, 6.45) is 1.25. The number of carbonyl (C=O) groups is 1. The van der Waals surface area contributed by atoms with Crippen LogP contribution in [0.4, 0.5) is 5.69 Å². The van der Waals surface area contributed by atoms with Gasteiger partial charge in [0.05, 0.1) is 31.2 Å². The minimum Gasteiger partial charge on any atom is -0.494 e. The summed E-state index contributed by atoms with van der Waals surface area (Å²) in [7, 11) is -3.52. The molecule has 1 N–H and O–H groups in total. The summed E-state index contributed by atoms with van der Waals surface area (Å²) in [5.41, 5.74) is 2.74. The number of anilines is 1. The number of hydrogen-bond donors (Lipinski definition) is 1. The molecule has 8 heteroatoms. The van der Waals surface area contributed by atoms with Crippen LogP contribution in [0, 0.1) is 0 Å². The van der Waals surface area contributed by atoms with E-state index in [2.05, 4.69) is 5.32 Å². The number of sulfonamides is 1. The van der Waals surface area contributed by atoms with Gasteiger partial charge in [-0.15, -0.1) is 0 Å². The first-order valence-electron chi connectivity index (χ1n) is 11.5. The van der Waals surface area contributed by atoms with Crippen molar-refractivity contribution < 1.29 is 22.7 Å². The summed E-state index contributed by atoms with van der Waals surface area (Å²) in [5, 5.41) is 2.91. The smallest absolute Gasteiger partial charge is 0.251 e. The van der Waals surface area contributed by atoms with Gasteiger partial charge in [-0.2, -0.15) is 0 Å². The molecule has 0 bridgehead atoms. The second-order valence-corrected chi connectivity index (χ2v) is 10.3. The summed E-state index contributed by atoms with van der Waals surface area (Å²) >= 11 is 0. The molecular formula is C27H32N2O5S. The largest absolute Gasteiger partial charge is 0.494 e. The summed E-state index contributed by atoms with van der Waals surface area (Å²) in [5.74, 6) is 1.23. The zero-order valence-electron chi connectivity index (χ0n) is 20.5. The van der Waals surface area contributed by atoms with Crippen molar-refractivity contribution in [2.45, 2.75) is 40.0 Å². The molecule has 0 radical (unpaired) electrons. The second-order valence-electron chi connectivity index (χ2n) is 8.39. The Balaban J connectivity index is 1.65. The van der Waals surface area contributed by atoms with Crippen LogP contribution in [0.1, 0.15) is 42.3 Å². The Kier molecular flexibility index (Phi) is 8.76.